The number of carbonyl (C=O) groups is 1. The molecular weight excluding hydrogens is 439 g/mol. The molecule has 174 valence electrons. The van der Waals surface area contributed by atoms with Crippen LogP contribution in [0.4, 0.5) is 18.9 Å². The Morgan fingerprint density at radius 1 is 1.30 bits per heavy atom. The van der Waals surface area contributed by atoms with E-state index in [9.17, 15) is 23.1 Å². The number of halogens is 3. The van der Waals surface area contributed by atoms with E-state index < -0.39 is 29.1 Å². The number of aromatic nitrogens is 4. The number of pyridine rings is 1. The monoisotopic (exact) mass is 461 g/mol. The molecule has 1 aliphatic rings. The smallest absolute Gasteiger partial charge is 0.380 e. The molecule has 8 nitrogen and oxygen atoms in total. The van der Waals surface area contributed by atoms with Crippen LogP contribution in [0.15, 0.2) is 42.7 Å². The van der Waals surface area contributed by atoms with Crippen molar-refractivity contribution in [3.63, 3.8) is 0 Å². The Morgan fingerprint density at radius 2 is 2.06 bits per heavy atom. The average Bonchev–Trinajstić information content (AvgIpc) is 3.15. The predicted molar refractivity (Wildman–Crippen MR) is 111 cm³/mol. The molecule has 4 rings (SSSR count). The molecule has 1 fully saturated rings. The fourth-order valence-corrected chi connectivity index (χ4v) is 3.52. The number of nitrogens with zero attached hydrogens (tertiary/aromatic N) is 4. The number of aryl methyl sites for hydroxylation is 1. The average molecular weight is 461 g/mol. The third kappa shape index (κ3) is 4.88. The number of amides is 1. The van der Waals surface area contributed by atoms with Gasteiger partial charge in [0.2, 0.25) is 0 Å². The van der Waals surface area contributed by atoms with Gasteiger partial charge in [0, 0.05) is 19.2 Å². The zero-order valence-corrected chi connectivity index (χ0v) is 17.9. The van der Waals surface area contributed by atoms with Crippen molar-refractivity contribution in [2.75, 3.05) is 18.5 Å². The molecule has 0 bridgehead atoms. The van der Waals surface area contributed by atoms with Crippen molar-refractivity contribution >= 4 is 11.6 Å². The minimum absolute atomic E-state index is 0.0518. The lowest BCUT2D eigenvalue weighted by Gasteiger charge is -2.37. The molecule has 0 spiro atoms. The van der Waals surface area contributed by atoms with Crippen molar-refractivity contribution in [1.82, 2.24) is 19.7 Å². The highest BCUT2D eigenvalue weighted by molar-refractivity contribution is 6.03. The fourth-order valence-electron chi connectivity index (χ4n) is 3.52. The first-order chi connectivity index (χ1) is 15.5. The van der Waals surface area contributed by atoms with E-state index in [0.717, 1.165) is 23.5 Å². The van der Waals surface area contributed by atoms with Crippen LogP contribution in [0.1, 0.15) is 46.0 Å². The van der Waals surface area contributed by atoms with Crippen LogP contribution in [0.5, 0.6) is 0 Å². The Hall–Kier alpha value is -3.31. The molecule has 1 aromatic carbocycles. The largest absolute Gasteiger partial charge is 0.433 e. The number of carbonyl (C=O) groups excluding carboxylic acids is 1. The number of hydrogen-bond acceptors (Lipinski definition) is 6. The number of rotatable bonds is 6. The molecule has 1 amide bonds. The number of ether oxygens (including phenoxy) is 1. The van der Waals surface area contributed by atoms with Crippen LogP contribution < -0.4 is 5.32 Å². The van der Waals surface area contributed by atoms with E-state index in [1.54, 1.807) is 24.5 Å². The van der Waals surface area contributed by atoms with Gasteiger partial charge in [-0.2, -0.15) is 13.2 Å². The molecule has 0 aliphatic carbocycles. The van der Waals surface area contributed by atoms with Crippen LogP contribution in [-0.4, -0.2) is 44.0 Å². The van der Waals surface area contributed by atoms with E-state index >= 15 is 0 Å². The Kier molecular flexibility index (Phi) is 5.93. The van der Waals surface area contributed by atoms with Gasteiger partial charge >= 0.3 is 6.18 Å². The molecular formula is C22H22F3N5O3. The second kappa shape index (κ2) is 8.56. The topological polar surface area (TPSA) is 102 Å². The van der Waals surface area contributed by atoms with Gasteiger partial charge in [0.15, 0.2) is 0 Å². The Labute approximate surface area is 187 Å². The highest BCUT2D eigenvalue weighted by atomic mass is 19.4. The minimum Gasteiger partial charge on any atom is -0.380 e. The maximum atomic E-state index is 13.4. The third-order valence-electron chi connectivity index (χ3n) is 5.57. The molecule has 1 atom stereocenters. The highest BCUT2D eigenvalue weighted by Gasteiger charge is 2.41. The molecule has 1 saturated heterocycles. The number of nitrogens with one attached hydrogen (secondary N) is 1. The minimum atomic E-state index is -4.78. The van der Waals surface area contributed by atoms with E-state index in [4.69, 9.17) is 4.74 Å². The predicted octanol–water partition coefficient (Wildman–Crippen LogP) is 3.05. The number of benzene rings is 1. The second-order valence-corrected chi connectivity index (χ2v) is 8.19. The molecule has 2 aromatic heterocycles. The van der Waals surface area contributed by atoms with Gasteiger partial charge in [0.25, 0.3) is 5.91 Å². The number of alkyl halides is 3. The van der Waals surface area contributed by atoms with E-state index in [1.807, 2.05) is 24.6 Å². The summed E-state index contributed by atoms with van der Waals surface area (Å²) in [5.41, 5.74) is -2.02. The summed E-state index contributed by atoms with van der Waals surface area (Å²) in [5, 5.41) is 21.0. The summed E-state index contributed by atoms with van der Waals surface area (Å²) in [6.07, 6.45) is -2.55. The van der Waals surface area contributed by atoms with E-state index in [1.165, 1.54) is 0 Å². The first kappa shape index (κ1) is 22.9. The third-order valence-corrected chi connectivity index (χ3v) is 5.57. The first-order valence-corrected chi connectivity index (χ1v) is 10.2. The van der Waals surface area contributed by atoms with Gasteiger partial charge in [-0.1, -0.05) is 19.1 Å². The van der Waals surface area contributed by atoms with Crippen molar-refractivity contribution in [2.24, 2.45) is 7.05 Å². The quantitative estimate of drug-likeness (QED) is 0.585. The van der Waals surface area contributed by atoms with Crippen LogP contribution in [-0.2, 0) is 30.0 Å². The van der Waals surface area contributed by atoms with Crippen molar-refractivity contribution in [2.45, 2.75) is 31.0 Å². The van der Waals surface area contributed by atoms with Gasteiger partial charge in [-0.3, -0.25) is 4.79 Å². The molecule has 33 heavy (non-hydrogen) atoms. The zero-order chi connectivity index (χ0) is 23.8. The summed E-state index contributed by atoms with van der Waals surface area (Å²) in [4.78, 5) is 16.3. The Morgan fingerprint density at radius 3 is 2.67 bits per heavy atom. The molecule has 0 unspecified atom stereocenters. The van der Waals surface area contributed by atoms with Gasteiger partial charge in [0.1, 0.15) is 29.1 Å². The summed E-state index contributed by atoms with van der Waals surface area (Å²) in [5.74, 6) is 0.0377. The molecule has 2 N–H and O–H groups in total. The maximum absolute atomic E-state index is 13.4. The van der Waals surface area contributed by atoms with E-state index in [-0.39, 0.29) is 24.7 Å². The second-order valence-electron chi connectivity index (χ2n) is 8.19. The summed E-state index contributed by atoms with van der Waals surface area (Å²) in [7, 11) is 1.85. The van der Waals surface area contributed by atoms with Crippen molar-refractivity contribution in [3.8, 4) is 0 Å². The van der Waals surface area contributed by atoms with Crippen LogP contribution in [0.3, 0.4) is 0 Å². The lowest BCUT2D eigenvalue weighted by molar-refractivity contribution is -0.185. The standard InChI is InChI=1S/C22H22F3N5O3/c1-13(6-19-29-26-12-30(19)2)14-4-3-5-16(7-14)27-20(31)17-8-15(21(32)10-33-11-21)9-18(28-17)22(23,24)25/h3-5,7-9,12-13,32H,6,10-11H2,1-2H3,(H,27,31)/t13-/m1/s1. The first-order valence-electron chi connectivity index (χ1n) is 10.2. The van der Waals surface area contributed by atoms with Crippen molar-refractivity contribution in [1.29, 1.82) is 0 Å². The zero-order valence-electron chi connectivity index (χ0n) is 17.9. The molecule has 3 heterocycles. The normalized spacial score (nSPS) is 16.2. The molecule has 0 saturated carbocycles. The van der Waals surface area contributed by atoms with Crippen LogP contribution >= 0.6 is 0 Å². The van der Waals surface area contributed by atoms with Crippen LogP contribution in [0.2, 0.25) is 0 Å². The summed E-state index contributed by atoms with van der Waals surface area (Å²) < 4.78 is 46.8. The van der Waals surface area contributed by atoms with E-state index in [2.05, 4.69) is 20.5 Å². The van der Waals surface area contributed by atoms with Crippen molar-refractivity contribution < 1.29 is 27.8 Å². The highest BCUT2D eigenvalue weighted by Crippen LogP contribution is 2.35. The van der Waals surface area contributed by atoms with Gasteiger partial charge < -0.3 is 19.7 Å². The Balaban J connectivity index is 1.56. The summed E-state index contributed by atoms with van der Waals surface area (Å²) >= 11 is 0. The maximum Gasteiger partial charge on any atom is 0.433 e. The van der Waals surface area contributed by atoms with Gasteiger partial charge in [-0.25, -0.2) is 4.98 Å². The van der Waals surface area contributed by atoms with Crippen LogP contribution in [0.25, 0.3) is 0 Å². The lowest BCUT2D eigenvalue weighted by atomic mass is 9.91. The molecule has 0 radical (unpaired) electrons. The molecule has 11 heteroatoms. The number of aliphatic hydroxyl groups is 1. The Bertz CT molecular complexity index is 1170. The van der Waals surface area contributed by atoms with Crippen molar-refractivity contribution in [3.05, 3.63) is 71.1 Å². The van der Waals surface area contributed by atoms with E-state index in [0.29, 0.717) is 12.1 Å². The van der Waals surface area contributed by atoms with Gasteiger partial charge in [-0.15, -0.1) is 10.2 Å². The number of hydrogen-bond donors (Lipinski definition) is 2. The van der Waals surface area contributed by atoms with Crippen LogP contribution in [0, 0.1) is 0 Å². The summed E-state index contributed by atoms with van der Waals surface area (Å²) in [6.45, 7) is 1.69. The van der Waals surface area contributed by atoms with Gasteiger partial charge in [-0.05, 0) is 41.3 Å². The lowest BCUT2D eigenvalue weighted by Crippen LogP contribution is -2.46. The summed E-state index contributed by atoms with van der Waals surface area (Å²) in [6, 6.07) is 8.93. The fraction of sp³-hybridized carbons (Fsp3) is 0.364. The molecule has 3 aromatic rings. The van der Waals surface area contributed by atoms with Gasteiger partial charge in [0.05, 0.1) is 13.2 Å². The number of anilines is 1. The SMILES string of the molecule is C[C@H](Cc1nncn1C)c1cccc(NC(=O)c2cc(C3(O)COC3)cc(C(F)(F)F)n2)c1. The molecule has 1 aliphatic heterocycles.